The van der Waals surface area contributed by atoms with E-state index in [1.807, 2.05) is 0 Å². The molecule has 0 spiro atoms. The molecule has 1 aromatic heterocycles. The largest absolute Gasteiger partial charge is 0.481 e. The Hall–Kier alpha value is -2.99. The SMILES string of the molecule is CC(O)C(NC(=O)C(N)Cc1cnc[nH]1)C(=O)NC(CCC(=O)O)C(=O)O. The number of hydrogen-bond donors (Lipinski definition) is 7. The maximum atomic E-state index is 12.3. The van der Waals surface area contributed by atoms with Gasteiger partial charge in [-0.15, -0.1) is 0 Å². The third-order valence-electron chi connectivity index (χ3n) is 3.66. The van der Waals surface area contributed by atoms with Gasteiger partial charge in [0.15, 0.2) is 0 Å². The number of nitrogens with two attached hydrogens (primary N) is 1. The number of H-pyrrole nitrogens is 1. The van der Waals surface area contributed by atoms with Gasteiger partial charge in [0, 0.05) is 24.7 Å². The van der Waals surface area contributed by atoms with Crippen LogP contribution >= 0.6 is 0 Å². The van der Waals surface area contributed by atoms with Crippen LogP contribution in [0, 0.1) is 0 Å². The number of amides is 2. The minimum absolute atomic E-state index is 0.107. The molecule has 150 valence electrons. The molecule has 8 N–H and O–H groups in total. The smallest absolute Gasteiger partial charge is 0.326 e. The van der Waals surface area contributed by atoms with E-state index in [0.29, 0.717) is 5.69 Å². The highest BCUT2D eigenvalue weighted by atomic mass is 16.4. The average molecular weight is 385 g/mol. The van der Waals surface area contributed by atoms with E-state index in [1.54, 1.807) is 0 Å². The van der Waals surface area contributed by atoms with Gasteiger partial charge in [-0.25, -0.2) is 9.78 Å². The second-order valence-corrected chi connectivity index (χ2v) is 5.95. The zero-order chi connectivity index (χ0) is 20.6. The maximum Gasteiger partial charge on any atom is 0.326 e. The van der Waals surface area contributed by atoms with Gasteiger partial charge in [-0.3, -0.25) is 14.4 Å². The molecule has 0 aliphatic rings. The van der Waals surface area contributed by atoms with Gasteiger partial charge in [-0.1, -0.05) is 0 Å². The summed E-state index contributed by atoms with van der Waals surface area (Å²) in [4.78, 5) is 52.7. The predicted octanol–water partition coefficient (Wildman–Crippen LogP) is -2.42. The molecule has 0 radical (unpaired) electrons. The Morgan fingerprint density at radius 3 is 2.37 bits per heavy atom. The number of aliphatic hydroxyl groups excluding tert-OH is 1. The molecule has 4 unspecified atom stereocenters. The first-order chi connectivity index (χ1) is 12.6. The van der Waals surface area contributed by atoms with Gasteiger partial charge in [0.05, 0.1) is 18.5 Å². The molecule has 1 heterocycles. The lowest BCUT2D eigenvalue weighted by Crippen LogP contribution is -2.58. The van der Waals surface area contributed by atoms with Crippen molar-refractivity contribution in [3.63, 3.8) is 0 Å². The molecule has 0 saturated carbocycles. The number of aromatic nitrogens is 2. The summed E-state index contributed by atoms with van der Waals surface area (Å²) in [6, 6.07) is -3.98. The highest BCUT2D eigenvalue weighted by molar-refractivity contribution is 5.92. The number of imidazole rings is 1. The van der Waals surface area contributed by atoms with E-state index >= 15 is 0 Å². The standard InChI is InChI=1S/C15H23N5O7/c1-7(21)12(14(25)19-10(15(26)27)2-3-11(22)23)20-13(24)9(16)4-8-5-17-6-18-8/h5-7,9-10,12,21H,2-4,16H2,1H3,(H,17,18)(H,19,25)(H,20,24)(H,22,23)(H,26,27). The van der Waals surface area contributed by atoms with E-state index in [-0.39, 0.29) is 12.8 Å². The molecule has 12 nitrogen and oxygen atoms in total. The maximum absolute atomic E-state index is 12.3. The van der Waals surface area contributed by atoms with Gasteiger partial charge in [-0.05, 0) is 13.3 Å². The van der Waals surface area contributed by atoms with Crippen LogP contribution in [-0.2, 0) is 25.6 Å². The molecular formula is C15H23N5O7. The summed E-state index contributed by atoms with van der Waals surface area (Å²) in [7, 11) is 0. The molecule has 0 aromatic carbocycles. The van der Waals surface area contributed by atoms with Crippen LogP contribution in [-0.4, -0.2) is 73.3 Å². The molecule has 0 aliphatic heterocycles. The molecule has 4 atom stereocenters. The Labute approximate surface area is 154 Å². The van der Waals surface area contributed by atoms with Gasteiger partial charge >= 0.3 is 11.9 Å². The number of nitrogens with one attached hydrogen (secondary N) is 3. The Kier molecular flexibility index (Phi) is 8.35. The van der Waals surface area contributed by atoms with Crippen molar-refractivity contribution in [3.05, 3.63) is 18.2 Å². The molecule has 12 heteroatoms. The minimum Gasteiger partial charge on any atom is -0.481 e. The number of carbonyl (C=O) groups excluding carboxylic acids is 2. The van der Waals surface area contributed by atoms with Crippen molar-refractivity contribution in [3.8, 4) is 0 Å². The summed E-state index contributed by atoms with van der Waals surface area (Å²) in [5.74, 6) is -4.36. The Bertz CT molecular complexity index is 662. The third kappa shape index (κ3) is 7.42. The summed E-state index contributed by atoms with van der Waals surface area (Å²) in [5, 5.41) is 31.9. The number of rotatable bonds is 11. The van der Waals surface area contributed by atoms with E-state index in [9.17, 15) is 24.3 Å². The van der Waals surface area contributed by atoms with Gasteiger partial charge < -0.3 is 36.7 Å². The highest BCUT2D eigenvalue weighted by Gasteiger charge is 2.31. The summed E-state index contributed by atoms with van der Waals surface area (Å²) in [5.41, 5.74) is 6.35. The Morgan fingerprint density at radius 2 is 1.89 bits per heavy atom. The number of aliphatic hydroxyl groups is 1. The number of aromatic amines is 1. The van der Waals surface area contributed by atoms with Crippen LogP contribution in [0.15, 0.2) is 12.5 Å². The molecule has 0 fully saturated rings. The molecule has 1 rings (SSSR count). The highest BCUT2D eigenvalue weighted by Crippen LogP contribution is 2.03. The van der Waals surface area contributed by atoms with Crippen LogP contribution in [0.5, 0.6) is 0 Å². The molecular weight excluding hydrogens is 362 g/mol. The van der Waals surface area contributed by atoms with Crippen LogP contribution < -0.4 is 16.4 Å². The molecule has 0 bridgehead atoms. The van der Waals surface area contributed by atoms with Crippen molar-refractivity contribution in [2.45, 2.75) is 50.4 Å². The number of carboxylic acid groups (broad SMARTS) is 2. The van der Waals surface area contributed by atoms with Crippen molar-refractivity contribution in [1.29, 1.82) is 0 Å². The second-order valence-electron chi connectivity index (χ2n) is 5.95. The molecule has 0 saturated heterocycles. The molecule has 27 heavy (non-hydrogen) atoms. The fraction of sp³-hybridized carbons (Fsp3) is 0.533. The number of aliphatic carboxylic acids is 2. The van der Waals surface area contributed by atoms with Crippen LogP contribution in [0.3, 0.4) is 0 Å². The number of carboxylic acids is 2. The van der Waals surface area contributed by atoms with Crippen LogP contribution in [0.4, 0.5) is 0 Å². The summed E-state index contributed by atoms with van der Waals surface area (Å²) in [6.07, 6.45) is 0.827. The molecule has 2 amide bonds. The van der Waals surface area contributed by atoms with Gasteiger partial charge in [0.1, 0.15) is 12.1 Å². The van der Waals surface area contributed by atoms with E-state index in [1.165, 1.54) is 19.4 Å². The van der Waals surface area contributed by atoms with Crippen molar-refractivity contribution >= 4 is 23.8 Å². The van der Waals surface area contributed by atoms with Crippen molar-refractivity contribution in [2.24, 2.45) is 5.73 Å². The fourth-order valence-electron chi connectivity index (χ4n) is 2.18. The predicted molar refractivity (Wildman–Crippen MR) is 90.3 cm³/mol. The molecule has 1 aromatic rings. The van der Waals surface area contributed by atoms with Gasteiger partial charge in [-0.2, -0.15) is 0 Å². The van der Waals surface area contributed by atoms with Gasteiger partial charge in [0.25, 0.3) is 0 Å². The lowest BCUT2D eigenvalue weighted by Gasteiger charge is -2.24. The van der Waals surface area contributed by atoms with Crippen molar-refractivity contribution in [2.75, 3.05) is 0 Å². The number of carbonyl (C=O) groups is 4. The van der Waals surface area contributed by atoms with E-state index in [0.717, 1.165) is 0 Å². The Morgan fingerprint density at radius 1 is 1.22 bits per heavy atom. The van der Waals surface area contributed by atoms with Gasteiger partial charge in [0.2, 0.25) is 11.8 Å². The first-order valence-electron chi connectivity index (χ1n) is 8.08. The number of nitrogens with zero attached hydrogens (tertiary/aromatic N) is 1. The lowest BCUT2D eigenvalue weighted by atomic mass is 10.1. The first kappa shape index (κ1) is 22.1. The van der Waals surface area contributed by atoms with E-state index < -0.39 is 54.4 Å². The van der Waals surface area contributed by atoms with E-state index in [4.69, 9.17) is 15.9 Å². The van der Waals surface area contributed by atoms with Crippen LogP contribution in [0.2, 0.25) is 0 Å². The monoisotopic (exact) mass is 385 g/mol. The molecule has 0 aliphatic carbocycles. The average Bonchev–Trinajstić information content (AvgIpc) is 3.07. The summed E-state index contributed by atoms with van der Waals surface area (Å²) >= 11 is 0. The summed E-state index contributed by atoms with van der Waals surface area (Å²) in [6.45, 7) is 1.23. The van der Waals surface area contributed by atoms with E-state index in [2.05, 4.69) is 20.6 Å². The second kappa shape index (κ2) is 10.2. The Balaban J connectivity index is 2.71. The fourth-order valence-corrected chi connectivity index (χ4v) is 2.18. The zero-order valence-corrected chi connectivity index (χ0v) is 14.6. The zero-order valence-electron chi connectivity index (χ0n) is 14.6. The number of hydrogen-bond acceptors (Lipinski definition) is 7. The summed E-state index contributed by atoms with van der Waals surface area (Å²) < 4.78 is 0. The van der Waals surface area contributed by atoms with Crippen LogP contribution in [0.25, 0.3) is 0 Å². The minimum atomic E-state index is -1.48. The quantitative estimate of drug-likeness (QED) is 0.216. The topological polar surface area (TPSA) is 208 Å². The third-order valence-corrected chi connectivity index (χ3v) is 3.66. The normalized spacial score (nSPS) is 15.2. The van der Waals surface area contributed by atoms with Crippen molar-refractivity contribution < 1.29 is 34.5 Å². The first-order valence-corrected chi connectivity index (χ1v) is 8.08. The lowest BCUT2D eigenvalue weighted by molar-refractivity contribution is -0.144. The van der Waals surface area contributed by atoms with Crippen molar-refractivity contribution in [1.82, 2.24) is 20.6 Å². The van der Waals surface area contributed by atoms with Crippen LogP contribution in [0.1, 0.15) is 25.5 Å².